The quantitative estimate of drug-likeness (QED) is 0.417. The van der Waals surface area contributed by atoms with Crippen molar-refractivity contribution in [3.05, 3.63) is 33.9 Å². The number of carbonyl (C=O) groups is 1. The van der Waals surface area contributed by atoms with Crippen molar-refractivity contribution in [1.29, 1.82) is 0 Å². The Morgan fingerprint density at radius 2 is 2.20 bits per heavy atom. The Morgan fingerprint density at radius 3 is 2.75 bits per heavy atom. The number of carbonyl (C=O) groups excluding carboxylic acids is 1. The van der Waals surface area contributed by atoms with Gasteiger partial charge in [-0.3, -0.25) is 20.8 Å². The van der Waals surface area contributed by atoms with Crippen LogP contribution in [0.15, 0.2) is 18.2 Å². The van der Waals surface area contributed by atoms with E-state index in [1.807, 2.05) is 0 Å². The number of rotatable bonds is 6. The summed E-state index contributed by atoms with van der Waals surface area (Å²) < 4.78 is 0. The van der Waals surface area contributed by atoms with Gasteiger partial charge in [-0.1, -0.05) is 19.3 Å². The molecule has 0 radical (unpaired) electrons. The number of hydrazine groups is 1. The molecule has 0 unspecified atom stereocenters. The van der Waals surface area contributed by atoms with E-state index in [9.17, 15) is 14.9 Å². The van der Waals surface area contributed by atoms with Crippen LogP contribution in [0.5, 0.6) is 0 Å². The molecular weight excluding hydrogens is 260 g/mol. The monoisotopic (exact) mass is 278 g/mol. The highest BCUT2D eigenvalue weighted by Gasteiger charge is 2.19. The molecule has 7 heteroatoms. The Labute approximate surface area is 116 Å². The average Bonchev–Trinajstić information content (AvgIpc) is 2.40. The van der Waals surface area contributed by atoms with Crippen molar-refractivity contribution in [3.8, 4) is 0 Å². The number of hydrogen-bond acceptors (Lipinski definition) is 5. The molecule has 0 bridgehead atoms. The number of benzene rings is 1. The van der Waals surface area contributed by atoms with Crippen LogP contribution < -0.4 is 16.6 Å². The summed E-state index contributed by atoms with van der Waals surface area (Å²) in [6, 6.07) is 4.17. The van der Waals surface area contributed by atoms with Crippen LogP contribution in [0.25, 0.3) is 0 Å². The third-order valence-electron chi connectivity index (χ3n) is 3.68. The van der Waals surface area contributed by atoms with Crippen LogP contribution in [0.4, 0.5) is 11.4 Å². The smallest absolute Gasteiger partial charge is 0.294 e. The minimum absolute atomic E-state index is 0.181. The predicted molar refractivity (Wildman–Crippen MR) is 75.2 cm³/mol. The van der Waals surface area contributed by atoms with E-state index in [-0.39, 0.29) is 22.8 Å². The van der Waals surface area contributed by atoms with Crippen LogP contribution in [0.3, 0.4) is 0 Å². The predicted octanol–water partition coefficient (Wildman–Crippen LogP) is 1.80. The Balaban J connectivity index is 1.97. The molecule has 1 aromatic carbocycles. The second kappa shape index (κ2) is 6.33. The first kappa shape index (κ1) is 14.3. The van der Waals surface area contributed by atoms with E-state index in [2.05, 4.69) is 10.7 Å². The van der Waals surface area contributed by atoms with Gasteiger partial charge >= 0.3 is 0 Å². The van der Waals surface area contributed by atoms with Gasteiger partial charge < -0.3 is 10.7 Å². The highest BCUT2D eigenvalue weighted by molar-refractivity contribution is 5.95. The van der Waals surface area contributed by atoms with E-state index >= 15 is 0 Å². The molecular formula is C13H18N4O3. The molecule has 1 saturated carbocycles. The van der Waals surface area contributed by atoms with Crippen LogP contribution in [-0.2, 0) is 0 Å². The number of nitro benzene ring substituents is 1. The number of nitrogens with two attached hydrogens (primary N) is 1. The Bertz CT molecular complexity index is 514. The average molecular weight is 278 g/mol. The summed E-state index contributed by atoms with van der Waals surface area (Å²) in [7, 11) is 0. The largest absolute Gasteiger partial charge is 0.352 e. The van der Waals surface area contributed by atoms with Gasteiger partial charge in [-0.15, -0.1) is 0 Å². The van der Waals surface area contributed by atoms with Crippen LogP contribution in [0.2, 0.25) is 0 Å². The molecule has 1 amide bonds. The molecule has 7 nitrogen and oxygen atoms in total. The highest BCUT2D eigenvalue weighted by atomic mass is 16.6. The fourth-order valence-corrected chi connectivity index (χ4v) is 2.22. The van der Waals surface area contributed by atoms with Crippen LogP contribution in [0, 0.1) is 16.0 Å². The first-order chi connectivity index (χ1) is 9.61. The maximum Gasteiger partial charge on any atom is 0.294 e. The standard InChI is InChI=1S/C13H18N4O3/c14-16-11-5-4-10(8-12(11)17(19)20)13(18)15-7-6-9-2-1-3-9/h4-5,8-9,16H,1-3,6-7,14H2,(H,15,18). The van der Waals surface area contributed by atoms with Gasteiger partial charge in [0.1, 0.15) is 5.69 Å². The molecule has 1 aliphatic rings. The summed E-state index contributed by atoms with van der Waals surface area (Å²) in [6.45, 7) is 0.605. The molecule has 0 heterocycles. The molecule has 20 heavy (non-hydrogen) atoms. The fraction of sp³-hybridized carbons (Fsp3) is 0.462. The number of nitrogens with zero attached hydrogens (tertiary/aromatic N) is 1. The van der Waals surface area contributed by atoms with Gasteiger partial charge in [-0.25, -0.2) is 0 Å². The number of nitro groups is 1. The third-order valence-corrected chi connectivity index (χ3v) is 3.68. The fourth-order valence-electron chi connectivity index (χ4n) is 2.22. The zero-order valence-corrected chi connectivity index (χ0v) is 11.1. The minimum atomic E-state index is -0.569. The molecule has 108 valence electrons. The van der Waals surface area contributed by atoms with E-state index in [0.717, 1.165) is 6.42 Å². The summed E-state index contributed by atoms with van der Waals surface area (Å²) in [4.78, 5) is 22.2. The van der Waals surface area contributed by atoms with Gasteiger partial charge in [-0.05, 0) is 24.5 Å². The molecule has 0 aliphatic heterocycles. The van der Waals surface area contributed by atoms with Crippen molar-refractivity contribution in [1.82, 2.24) is 5.32 Å². The van der Waals surface area contributed by atoms with E-state index in [4.69, 9.17) is 5.84 Å². The van der Waals surface area contributed by atoms with Crippen molar-refractivity contribution in [2.75, 3.05) is 12.0 Å². The van der Waals surface area contributed by atoms with Crippen molar-refractivity contribution in [3.63, 3.8) is 0 Å². The molecule has 1 fully saturated rings. The number of amides is 1. The summed E-state index contributed by atoms with van der Waals surface area (Å²) in [5.74, 6) is 5.62. The zero-order valence-electron chi connectivity index (χ0n) is 11.1. The summed E-state index contributed by atoms with van der Waals surface area (Å²) >= 11 is 0. The molecule has 0 atom stereocenters. The Morgan fingerprint density at radius 1 is 1.45 bits per heavy atom. The van der Waals surface area contributed by atoms with Crippen LogP contribution in [0.1, 0.15) is 36.0 Å². The first-order valence-electron chi connectivity index (χ1n) is 6.65. The van der Waals surface area contributed by atoms with Crippen LogP contribution in [-0.4, -0.2) is 17.4 Å². The minimum Gasteiger partial charge on any atom is -0.352 e. The summed E-state index contributed by atoms with van der Waals surface area (Å²) in [5, 5.41) is 13.7. The van der Waals surface area contributed by atoms with E-state index in [0.29, 0.717) is 12.5 Å². The second-order valence-electron chi connectivity index (χ2n) is 4.97. The lowest BCUT2D eigenvalue weighted by Crippen LogP contribution is -2.27. The van der Waals surface area contributed by atoms with Crippen molar-refractivity contribution in [2.24, 2.45) is 11.8 Å². The van der Waals surface area contributed by atoms with Gasteiger partial charge in [-0.2, -0.15) is 0 Å². The maximum atomic E-state index is 11.9. The van der Waals surface area contributed by atoms with Crippen LogP contribution >= 0.6 is 0 Å². The molecule has 0 spiro atoms. The van der Waals surface area contributed by atoms with Gasteiger partial charge in [0.25, 0.3) is 11.6 Å². The number of nitrogens with one attached hydrogen (secondary N) is 2. The highest BCUT2D eigenvalue weighted by Crippen LogP contribution is 2.29. The van der Waals surface area contributed by atoms with Crippen molar-refractivity contribution in [2.45, 2.75) is 25.7 Å². The van der Waals surface area contributed by atoms with Gasteiger partial charge in [0.15, 0.2) is 0 Å². The maximum absolute atomic E-state index is 11.9. The molecule has 1 aromatic rings. The van der Waals surface area contributed by atoms with E-state index in [1.54, 1.807) is 0 Å². The second-order valence-corrected chi connectivity index (χ2v) is 4.97. The Hall–Kier alpha value is -2.15. The van der Waals surface area contributed by atoms with E-state index < -0.39 is 4.92 Å². The number of anilines is 1. The van der Waals surface area contributed by atoms with Gasteiger partial charge in [0, 0.05) is 18.2 Å². The normalized spacial score (nSPS) is 14.4. The Kier molecular flexibility index (Phi) is 4.52. The molecule has 0 saturated heterocycles. The lowest BCUT2D eigenvalue weighted by Gasteiger charge is -2.25. The topological polar surface area (TPSA) is 110 Å². The lowest BCUT2D eigenvalue weighted by atomic mass is 9.83. The molecule has 4 N–H and O–H groups in total. The van der Waals surface area contributed by atoms with Crippen molar-refractivity contribution < 1.29 is 9.72 Å². The lowest BCUT2D eigenvalue weighted by molar-refractivity contribution is -0.384. The summed E-state index contributed by atoms with van der Waals surface area (Å²) in [6.07, 6.45) is 4.71. The van der Waals surface area contributed by atoms with Crippen molar-refractivity contribution >= 4 is 17.3 Å². The summed E-state index contributed by atoms with van der Waals surface area (Å²) in [5.41, 5.74) is 2.48. The van der Waals surface area contributed by atoms with Gasteiger partial charge in [0.2, 0.25) is 0 Å². The number of nitrogen functional groups attached to an aromatic ring is 1. The third kappa shape index (κ3) is 3.24. The van der Waals surface area contributed by atoms with Gasteiger partial charge in [0.05, 0.1) is 4.92 Å². The zero-order chi connectivity index (χ0) is 14.5. The number of hydrogen-bond donors (Lipinski definition) is 3. The molecule has 1 aliphatic carbocycles. The van der Waals surface area contributed by atoms with E-state index in [1.165, 1.54) is 37.5 Å². The SMILES string of the molecule is NNc1ccc(C(=O)NCCC2CCC2)cc1[N+](=O)[O-]. The molecule has 0 aromatic heterocycles. The first-order valence-corrected chi connectivity index (χ1v) is 6.65. The molecule has 2 rings (SSSR count).